The van der Waals surface area contributed by atoms with E-state index in [0.717, 1.165) is 46.7 Å². The van der Waals surface area contributed by atoms with E-state index in [2.05, 4.69) is 42.3 Å². The number of hydrogen-bond acceptors (Lipinski definition) is 5. The van der Waals surface area contributed by atoms with E-state index in [9.17, 15) is 9.59 Å². The Morgan fingerprint density at radius 3 is 2.48 bits per heavy atom. The van der Waals surface area contributed by atoms with E-state index in [1.54, 1.807) is 12.3 Å². The zero-order valence-electron chi connectivity index (χ0n) is 19.1. The van der Waals surface area contributed by atoms with Crippen molar-refractivity contribution in [1.82, 2.24) is 14.5 Å². The molecule has 0 radical (unpaired) electrons. The van der Waals surface area contributed by atoms with Gasteiger partial charge >= 0.3 is 0 Å². The highest BCUT2D eigenvalue weighted by molar-refractivity contribution is 7.99. The van der Waals surface area contributed by atoms with Crippen molar-refractivity contribution in [2.75, 3.05) is 35.7 Å². The normalized spacial score (nSPS) is 13.7. The van der Waals surface area contributed by atoms with E-state index in [4.69, 9.17) is 0 Å². The van der Waals surface area contributed by atoms with Crippen LogP contribution >= 0.6 is 23.5 Å². The van der Waals surface area contributed by atoms with Crippen LogP contribution < -0.4 is 5.32 Å². The zero-order valence-corrected chi connectivity index (χ0v) is 20.8. The Balaban J connectivity index is 1.38. The molecule has 0 atom stereocenters. The quantitative estimate of drug-likeness (QED) is 0.517. The first-order valence-electron chi connectivity index (χ1n) is 10.9. The molecule has 33 heavy (non-hydrogen) atoms. The minimum Gasteiger partial charge on any atom is -0.337 e. The van der Waals surface area contributed by atoms with Gasteiger partial charge in [-0.25, -0.2) is 4.98 Å². The number of hydrogen-bond donors (Lipinski definition) is 1. The van der Waals surface area contributed by atoms with E-state index >= 15 is 0 Å². The lowest BCUT2D eigenvalue weighted by Gasteiger charge is -2.26. The molecule has 6 nitrogen and oxygen atoms in total. The van der Waals surface area contributed by atoms with Crippen LogP contribution in [0.5, 0.6) is 0 Å². The lowest BCUT2D eigenvalue weighted by Crippen LogP contribution is -2.37. The van der Waals surface area contributed by atoms with Crippen molar-refractivity contribution < 1.29 is 9.59 Å². The fourth-order valence-electron chi connectivity index (χ4n) is 3.89. The number of benzene rings is 2. The average Bonchev–Trinajstić information content (AvgIpc) is 3.27. The lowest BCUT2D eigenvalue weighted by molar-refractivity contribution is -0.113. The van der Waals surface area contributed by atoms with Gasteiger partial charge in [-0.3, -0.25) is 14.2 Å². The van der Waals surface area contributed by atoms with Crippen LogP contribution in [0.15, 0.2) is 53.9 Å². The number of aromatic nitrogens is 2. The monoisotopic (exact) mass is 480 g/mol. The van der Waals surface area contributed by atoms with Gasteiger partial charge in [0.05, 0.1) is 5.75 Å². The molecule has 2 aromatic carbocycles. The molecule has 0 unspecified atom stereocenters. The number of anilines is 1. The molecule has 1 saturated heterocycles. The molecule has 3 aromatic rings. The summed E-state index contributed by atoms with van der Waals surface area (Å²) in [6.45, 7) is 7.63. The molecule has 2 heterocycles. The molecule has 1 aliphatic rings. The topological polar surface area (TPSA) is 67.2 Å². The van der Waals surface area contributed by atoms with Crippen molar-refractivity contribution >= 4 is 41.0 Å². The summed E-state index contributed by atoms with van der Waals surface area (Å²) in [7, 11) is 0. The summed E-state index contributed by atoms with van der Waals surface area (Å²) in [4.78, 5) is 31.7. The molecule has 0 aliphatic carbocycles. The van der Waals surface area contributed by atoms with Gasteiger partial charge in [-0.2, -0.15) is 11.8 Å². The van der Waals surface area contributed by atoms with E-state index in [1.807, 2.05) is 46.5 Å². The summed E-state index contributed by atoms with van der Waals surface area (Å²) in [5.74, 6) is 2.17. The van der Waals surface area contributed by atoms with E-state index in [1.165, 1.54) is 22.9 Å². The van der Waals surface area contributed by atoms with Crippen molar-refractivity contribution in [2.24, 2.45) is 0 Å². The van der Waals surface area contributed by atoms with Crippen molar-refractivity contribution in [3.8, 4) is 5.69 Å². The van der Waals surface area contributed by atoms with E-state index < -0.39 is 0 Å². The Kier molecular flexibility index (Phi) is 7.45. The number of aryl methyl sites for hydroxylation is 3. The second-order valence-corrected chi connectivity index (χ2v) is 10.4. The summed E-state index contributed by atoms with van der Waals surface area (Å²) in [5.41, 5.74) is 5.68. The molecule has 4 rings (SSSR count). The molecule has 0 bridgehead atoms. The SMILES string of the molecule is Cc1cc(C)cc(-n2ccnc2SCC(=O)Nc2ccc(C(=O)N3CCSCC3)cc2C)c1. The summed E-state index contributed by atoms with van der Waals surface area (Å²) in [6.07, 6.45) is 3.66. The van der Waals surface area contributed by atoms with Gasteiger partial charge in [-0.1, -0.05) is 17.8 Å². The molecular formula is C25H28N4O2S2. The molecule has 1 aliphatic heterocycles. The fraction of sp³-hybridized carbons (Fsp3) is 0.320. The molecule has 1 N–H and O–H groups in total. The van der Waals surface area contributed by atoms with Crippen molar-refractivity contribution in [2.45, 2.75) is 25.9 Å². The second kappa shape index (κ2) is 10.5. The Morgan fingerprint density at radius 1 is 1.06 bits per heavy atom. The first-order valence-corrected chi connectivity index (χ1v) is 13.1. The molecule has 0 saturated carbocycles. The minimum absolute atomic E-state index is 0.0602. The van der Waals surface area contributed by atoms with Gasteiger partial charge < -0.3 is 10.2 Å². The number of nitrogens with one attached hydrogen (secondary N) is 1. The molecule has 0 spiro atoms. The van der Waals surface area contributed by atoms with Crippen molar-refractivity contribution in [3.63, 3.8) is 0 Å². The number of nitrogens with zero attached hydrogens (tertiary/aromatic N) is 3. The standard InChI is InChI=1S/C25H28N4O2S2/c1-17-12-18(2)14-21(13-17)29-7-6-26-25(29)33-16-23(30)27-22-5-4-20(15-19(22)3)24(31)28-8-10-32-11-9-28/h4-7,12-15H,8-11,16H2,1-3H3,(H,27,30). The Bertz CT molecular complexity index is 1150. The third-order valence-electron chi connectivity index (χ3n) is 5.47. The van der Waals surface area contributed by atoms with Gasteiger partial charge in [0.25, 0.3) is 5.91 Å². The first kappa shape index (κ1) is 23.4. The number of carbonyl (C=O) groups is 2. The van der Waals surface area contributed by atoms with Gasteiger partial charge in [0, 0.05) is 53.9 Å². The van der Waals surface area contributed by atoms with Crippen molar-refractivity contribution in [3.05, 3.63) is 71.0 Å². The van der Waals surface area contributed by atoms with Gasteiger partial charge in [0.2, 0.25) is 5.91 Å². The highest BCUT2D eigenvalue weighted by atomic mass is 32.2. The van der Waals surface area contributed by atoms with Gasteiger partial charge in [0.1, 0.15) is 0 Å². The maximum Gasteiger partial charge on any atom is 0.253 e. The van der Waals surface area contributed by atoms with E-state index in [-0.39, 0.29) is 17.6 Å². The number of imidazole rings is 1. The van der Waals surface area contributed by atoms with Gasteiger partial charge in [0.15, 0.2) is 5.16 Å². The smallest absolute Gasteiger partial charge is 0.253 e. The number of rotatable bonds is 6. The maximum absolute atomic E-state index is 12.7. The minimum atomic E-state index is -0.106. The van der Waals surface area contributed by atoms with Crippen LogP contribution in [0.4, 0.5) is 5.69 Å². The largest absolute Gasteiger partial charge is 0.337 e. The molecule has 2 amide bonds. The van der Waals surface area contributed by atoms with E-state index in [0.29, 0.717) is 5.56 Å². The first-order chi connectivity index (χ1) is 15.9. The Labute approximate surface area is 203 Å². The second-order valence-electron chi connectivity index (χ2n) is 8.20. The highest BCUT2D eigenvalue weighted by Crippen LogP contribution is 2.24. The third-order valence-corrected chi connectivity index (χ3v) is 7.38. The van der Waals surface area contributed by atoms with Crippen molar-refractivity contribution in [1.29, 1.82) is 0 Å². The van der Waals surface area contributed by atoms with Crippen LogP contribution in [-0.2, 0) is 4.79 Å². The number of amides is 2. The zero-order chi connectivity index (χ0) is 23.4. The van der Waals surface area contributed by atoms with Crippen LogP contribution in [0.2, 0.25) is 0 Å². The fourth-order valence-corrected chi connectivity index (χ4v) is 5.56. The maximum atomic E-state index is 12.7. The highest BCUT2D eigenvalue weighted by Gasteiger charge is 2.19. The molecule has 8 heteroatoms. The molecule has 1 aromatic heterocycles. The average molecular weight is 481 g/mol. The van der Waals surface area contributed by atoms with Gasteiger partial charge in [-0.05, 0) is 67.8 Å². The van der Waals surface area contributed by atoms with Gasteiger partial charge in [-0.15, -0.1) is 0 Å². The molecule has 172 valence electrons. The summed E-state index contributed by atoms with van der Waals surface area (Å²) in [6, 6.07) is 11.8. The number of thioether (sulfide) groups is 2. The molecule has 1 fully saturated rings. The van der Waals surface area contributed by atoms with Crippen LogP contribution in [-0.4, -0.2) is 56.6 Å². The third kappa shape index (κ3) is 5.81. The lowest BCUT2D eigenvalue weighted by atomic mass is 10.1. The van der Waals surface area contributed by atoms with Crippen LogP contribution in [0, 0.1) is 20.8 Å². The predicted molar refractivity (Wildman–Crippen MR) is 137 cm³/mol. The summed E-state index contributed by atoms with van der Waals surface area (Å²) in [5, 5.41) is 3.74. The van der Waals surface area contributed by atoms with Crippen LogP contribution in [0.25, 0.3) is 5.69 Å². The molecular weight excluding hydrogens is 452 g/mol. The Hall–Kier alpha value is -2.71. The summed E-state index contributed by atoms with van der Waals surface area (Å²) >= 11 is 3.28. The predicted octanol–water partition coefficient (Wildman–Crippen LogP) is 4.72. The van der Waals surface area contributed by atoms with Crippen LogP contribution in [0.3, 0.4) is 0 Å². The van der Waals surface area contributed by atoms with Crippen LogP contribution in [0.1, 0.15) is 27.0 Å². The number of carbonyl (C=O) groups excluding carboxylic acids is 2. The summed E-state index contributed by atoms with van der Waals surface area (Å²) < 4.78 is 2.00. The Morgan fingerprint density at radius 2 is 1.79 bits per heavy atom.